The molecule has 0 atom stereocenters. The number of hydrogen-bond donors (Lipinski definition) is 1. The molecular formula is C26H31ClN4O3. The van der Waals surface area contributed by atoms with Crippen molar-refractivity contribution in [3.63, 3.8) is 0 Å². The Morgan fingerprint density at radius 3 is 2.59 bits per heavy atom. The summed E-state index contributed by atoms with van der Waals surface area (Å²) < 4.78 is 10.9. The number of aromatic nitrogens is 2. The zero-order valence-electron chi connectivity index (χ0n) is 19.5. The van der Waals surface area contributed by atoms with Gasteiger partial charge in [0.05, 0.1) is 13.2 Å². The van der Waals surface area contributed by atoms with Crippen LogP contribution in [0.5, 0.6) is 5.75 Å². The monoisotopic (exact) mass is 482 g/mol. The van der Waals surface area contributed by atoms with Gasteiger partial charge in [-0.1, -0.05) is 28.9 Å². The number of ether oxygens (including phenoxy) is 1. The van der Waals surface area contributed by atoms with Crippen LogP contribution in [0, 0.1) is 5.92 Å². The van der Waals surface area contributed by atoms with Crippen molar-refractivity contribution in [3.8, 4) is 17.1 Å². The highest BCUT2D eigenvalue weighted by molar-refractivity contribution is 6.30. The van der Waals surface area contributed by atoms with Gasteiger partial charge in [-0.2, -0.15) is 4.98 Å². The standard InChI is InChI=1S/C26H31ClN4O3/c1-2-33-23-11-5-19(6-12-23)4-3-15-28-26(32)21-13-16-31(17-14-21)18-24-29-25(30-34-24)20-7-9-22(27)10-8-20/h5-12,21H,2-4,13-18H2,1H3,(H,28,32). The van der Waals surface area contributed by atoms with E-state index >= 15 is 0 Å². The second-order valence-corrected chi connectivity index (χ2v) is 8.98. The molecular weight excluding hydrogens is 452 g/mol. The van der Waals surface area contributed by atoms with Crippen molar-refractivity contribution in [2.45, 2.75) is 39.2 Å². The molecule has 0 bridgehead atoms. The molecule has 1 fully saturated rings. The molecule has 0 spiro atoms. The Morgan fingerprint density at radius 2 is 1.88 bits per heavy atom. The van der Waals surface area contributed by atoms with Crippen LogP contribution in [0.15, 0.2) is 53.1 Å². The zero-order valence-corrected chi connectivity index (χ0v) is 20.3. The van der Waals surface area contributed by atoms with E-state index in [0.29, 0.717) is 36.4 Å². The fourth-order valence-corrected chi connectivity index (χ4v) is 4.27. The van der Waals surface area contributed by atoms with Gasteiger partial charge in [-0.25, -0.2) is 0 Å². The van der Waals surface area contributed by atoms with Crippen molar-refractivity contribution in [3.05, 3.63) is 65.0 Å². The molecule has 1 aliphatic rings. The summed E-state index contributed by atoms with van der Waals surface area (Å²) in [6.07, 6.45) is 3.53. The number of nitrogens with one attached hydrogen (secondary N) is 1. The number of nitrogens with zero attached hydrogens (tertiary/aromatic N) is 3. The van der Waals surface area contributed by atoms with Crippen LogP contribution in [0.25, 0.3) is 11.4 Å². The molecule has 2 heterocycles. The van der Waals surface area contributed by atoms with Gasteiger partial charge in [0.25, 0.3) is 0 Å². The highest BCUT2D eigenvalue weighted by Gasteiger charge is 2.25. The first-order valence-electron chi connectivity index (χ1n) is 11.9. The average molecular weight is 483 g/mol. The smallest absolute Gasteiger partial charge is 0.241 e. The summed E-state index contributed by atoms with van der Waals surface area (Å²) in [4.78, 5) is 19.3. The van der Waals surface area contributed by atoms with Crippen LogP contribution in [-0.4, -0.2) is 47.2 Å². The predicted molar refractivity (Wildman–Crippen MR) is 132 cm³/mol. The minimum Gasteiger partial charge on any atom is -0.494 e. The maximum Gasteiger partial charge on any atom is 0.241 e. The summed E-state index contributed by atoms with van der Waals surface area (Å²) in [6, 6.07) is 15.5. The second kappa shape index (κ2) is 12.0. The first-order valence-corrected chi connectivity index (χ1v) is 12.3. The quantitative estimate of drug-likeness (QED) is 0.420. The van der Waals surface area contributed by atoms with Crippen LogP contribution < -0.4 is 10.1 Å². The Bertz CT molecular complexity index is 1040. The third-order valence-corrected chi connectivity index (χ3v) is 6.32. The largest absolute Gasteiger partial charge is 0.494 e. The fourth-order valence-electron chi connectivity index (χ4n) is 4.15. The Hall–Kier alpha value is -2.90. The molecule has 7 nitrogen and oxygen atoms in total. The van der Waals surface area contributed by atoms with Crippen LogP contribution in [-0.2, 0) is 17.8 Å². The molecule has 1 saturated heterocycles. The summed E-state index contributed by atoms with van der Waals surface area (Å²) in [5.74, 6) is 2.27. The minimum absolute atomic E-state index is 0.0639. The van der Waals surface area contributed by atoms with Gasteiger partial charge in [0.15, 0.2) is 0 Å². The molecule has 4 rings (SSSR count). The van der Waals surface area contributed by atoms with Crippen LogP contribution in [0.1, 0.15) is 37.6 Å². The first-order chi connectivity index (χ1) is 16.6. The van der Waals surface area contributed by atoms with E-state index in [1.807, 2.05) is 43.3 Å². The van der Waals surface area contributed by atoms with Crippen molar-refractivity contribution in [2.24, 2.45) is 5.92 Å². The van der Waals surface area contributed by atoms with E-state index in [9.17, 15) is 4.79 Å². The van der Waals surface area contributed by atoms with Gasteiger partial charge in [-0.05, 0) is 87.7 Å². The minimum atomic E-state index is 0.0639. The van der Waals surface area contributed by atoms with Crippen molar-refractivity contribution < 1.29 is 14.1 Å². The number of carbonyl (C=O) groups is 1. The molecule has 180 valence electrons. The number of halogens is 1. The first kappa shape index (κ1) is 24.2. The molecule has 2 aromatic carbocycles. The van der Waals surface area contributed by atoms with E-state index in [1.54, 1.807) is 0 Å². The Morgan fingerprint density at radius 1 is 1.15 bits per heavy atom. The van der Waals surface area contributed by atoms with Crippen molar-refractivity contribution >= 4 is 17.5 Å². The number of piperidine rings is 1. The van der Waals surface area contributed by atoms with E-state index in [1.165, 1.54) is 5.56 Å². The Balaban J connectivity index is 1.14. The molecule has 1 N–H and O–H groups in total. The lowest BCUT2D eigenvalue weighted by molar-refractivity contribution is -0.126. The van der Waals surface area contributed by atoms with Crippen molar-refractivity contribution in [1.29, 1.82) is 0 Å². The van der Waals surface area contributed by atoms with Gasteiger partial charge in [0.1, 0.15) is 5.75 Å². The second-order valence-electron chi connectivity index (χ2n) is 8.54. The Kier molecular flexibility index (Phi) is 8.55. The summed E-state index contributed by atoms with van der Waals surface area (Å²) in [5.41, 5.74) is 2.13. The molecule has 3 aromatic rings. The fraction of sp³-hybridized carbons (Fsp3) is 0.423. The van der Waals surface area contributed by atoms with Gasteiger partial charge in [-0.3, -0.25) is 9.69 Å². The maximum atomic E-state index is 12.6. The van der Waals surface area contributed by atoms with Gasteiger partial charge in [0, 0.05) is 23.0 Å². The SMILES string of the molecule is CCOc1ccc(CCCNC(=O)C2CCN(Cc3nc(-c4ccc(Cl)cc4)no3)CC2)cc1. The molecule has 1 amide bonds. The summed E-state index contributed by atoms with van der Waals surface area (Å²) in [5, 5.41) is 7.86. The molecule has 1 aromatic heterocycles. The molecule has 34 heavy (non-hydrogen) atoms. The summed E-state index contributed by atoms with van der Waals surface area (Å²) >= 11 is 5.94. The number of rotatable bonds is 10. The topological polar surface area (TPSA) is 80.5 Å². The number of benzene rings is 2. The highest BCUT2D eigenvalue weighted by Crippen LogP contribution is 2.22. The third-order valence-electron chi connectivity index (χ3n) is 6.06. The molecule has 0 aliphatic carbocycles. The van der Waals surface area contributed by atoms with E-state index < -0.39 is 0 Å². The van der Waals surface area contributed by atoms with E-state index in [0.717, 1.165) is 50.1 Å². The number of amides is 1. The average Bonchev–Trinajstić information content (AvgIpc) is 3.32. The normalized spacial score (nSPS) is 14.8. The zero-order chi connectivity index (χ0) is 23.8. The lowest BCUT2D eigenvalue weighted by Gasteiger charge is -2.30. The summed E-state index contributed by atoms with van der Waals surface area (Å²) in [6.45, 7) is 5.62. The van der Waals surface area contributed by atoms with Gasteiger partial charge < -0.3 is 14.6 Å². The lowest BCUT2D eigenvalue weighted by Crippen LogP contribution is -2.40. The highest BCUT2D eigenvalue weighted by atomic mass is 35.5. The Labute approximate surface area is 205 Å². The lowest BCUT2D eigenvalue weighted by atomic mass is 9.96. The molecule has 8 heteroatoms. The number of likely N-dealkylation sites (tertiary alicyclic amines) is 1. The molecule has 0 radical (unpaired) electrons. The van der Waals surface area contributed by atoms with E-state index in [4.69, 9.17) is 20.9 Å². The number of hydrogen-bond acceptors (Lipinski definition) is 6. The summed E-state index contributed by atoms with van der Waals surface area (Å²) in [7, 11) is 0. The van der Waals surface area contributed by atoms with Crippen LogP contribution in [0.3, 0.4) is 0 Å². The van der Waals surface area contributed by atoms with Gasteiger partial charge in [-0.15, -0.1) is 0 Å². The number of carbonyl (C=O) groups excluding carboxylic acids is 1. The van der Waals surface area contributed by atoms with Crippen molar-refractivity contribution in [1.82, 2.24) is 20.4 Å². The van der Waals surface area contributed by atoms with Crippen LogP contribution in [0.4, 0.5) is 0 Å². The predicted octanol–water partition coefficient (Wildman–Crippen LogP) is 4.75. The van der Waals surface area contributed by atoms with E-state index in [-0.39, 0.29) is 11.8 Å². The van der Waals surface area contributed by atoms with E-state index in [2.05, 4.69) is 32.5 Å². The molecule has 1 aliphatic heterocycles. The molecule has 0 saturated carbocycles. The van der Waals surface area contributed by atoms with Gasteiger partial charge in [0.2, 0.25) is 17.6 Å². The number of aryl methyl sites for hydroxylation is 1. The third kappa shape index (κ3) is 6.81. The maximum absolute atomic E-state index is 12.6. The molecule has 0 unspecified atom stereocenters. The van der Waals surface area contributed by atoms with Crippen LogP contribution >= 0.6 is 11.6 Å². The van der Waals surface area contributed by atoms with Crippen LogP contribution in [0.2, 0.25) is 5.02 Å². The van der Waals surface area contributed by atoms with Crippen molar-refractivity contribution in [2.75, 3.05) is 26.2 Å². The van der Waals surface area contributed by atoms with Gasteiger partial charge >= 0.3 is 0 Å².